The predicted molar refractivity (Wildman–Crippen MR) is 166 cm³/mol. The number of rotatable bonds is 6. The monoisotopic (exact) mass is 564 g/mol. The molecule has 1 aliphatic carbocycles. The predicted octanol–water partition coefficient (Wildman–Crippen LogP) is 7.54. The van der Waals surface area contributed by atoms with E-state index in [1.165, 1.54) is 35.3 Å². The number of thiocarbonyl (C=S) groups is 1. The van der Waals surface area contributed by atoms with Crippen molar-refractivity contribution in [3.63, 3.8) is 0 Å². The Morgan fingerprint density at radius 2 is 1.68 bits per heavy atom. The minimum atomic E-state index is -1.08. The number of hydrogen-bond donors (Lipinski definition) is 1. The van der Waals surface area contributed by atoms with Gasteiger partial charge in [0.1, 0.15) is 10.9 Å². The van der Waals surface area contributed by atoms with Gasteiger partial charge < -0.3 is 10.0 Å². The lowest BCUT2D eigenvalue weighted by atomic mass is 9.82. The van der Waals surface area contributed by atoms with E-state index < -0.39 is 12.5 Å². The molecule has 1 saturated carbocycles. The minimum absolute atomic E-state index is 0.283. The molecule has 2 atom stereocenters. The van der Waals surface area contributed by atoms with E-state index in [0.29, 0.717) is 16.9 Å². The summed E-state index contributed by atoms with van der Waals surface area (Å²) < 4.78 is 0.283. The van der Waals surface area contributed by atoms with Crippen LogP contribution in [0.25, 0.3) is 23.3 Å². The summed E-state index contributed by atoms with van der Waals surface area (Å²) in [7, 11) is 0. The average Bonchev–Trinajstić information content (AvgIpc) is 3.42. The molecule has 7 heteroatoms. The lowest BCUT2D eigenvalue weighted by Gasteiger charge is -2.33. The van der Waals surface area contributed by atoms with E-state index in [0.717, 1.165) is 46.2 Å². The molecule has 0 spiro atoms. The Morgan fingerprint density at radius 1 is 1.00 bits per heavy atom. The molecule has 200 valence electrons. The molecule has 6 rings (SSSR count). The molecule has 2 aliphatic heterocycles. The number of allylic oxidation sites excluding steroid dienone is 1. The molecule has 0 aromatic heterocycles. The van der Waals surface area contributed by atoms with Crippen LogP contribution in [0.5, 0.6) is 0 Å². The Morgan fingerprint density at radius 3 is 2.38 bits per heavy atom. The highest BCUT2D eigenvalue weighted by molar-refractivity contribution is 8.26. The highest BCUT2D eigenvalue weighted by atomic mass is 32.2. The molecule has 5 nitrogen and oxygen atoms in total. The van der Waals surface area contributed by atoms with E-state index >= 15 is 0 Å². The first-order valence-electron chi connectivity index (χ1n) is 13.4. The van der Waals surface area contributed by atoms with Crippen LogP contribution in [-0.2, 0) is 9.59 Å². The Bertz CT molecular complexity index is 1540. The van der Waals surface area contributed by atoms with Gasteiger partial charge in [-0.1, -0.05) is 91.4 Å². The van der Waals surface area contributed by atoms with Gasteiger partial charge in [-0.25, -0.2) is 0 Å². The van der Waals surface area contributed by atoms with Crippen LogP contribution in [0.1, 0.15) is 48.3 Å². The van der Waals surface area contributed by atoms with E-state index in [1.54, 1.807) is 6.08 Å². The van der Waals surface area contributed by atoms with Gasteiger partial charge in [0, 0.05) is 23.3 Å². The van der Waals surface area contributed by atoms with Crippen molar-refractivity contribution >= 4 is 63.7 Å². The van der Waals surface area contributed by atoms with Crippen molar-refractivity contribution in [1.82, 2.24) is 4.90 Å². The molecule has 3 aromatic carbocycles. The van der Waals surface area contributed by atoms with Crippen molar-refractivity contribution in [1.29, 1.82) is 0 Å². The number of carboxylic acids is 1. The molecule has 2 fully saturated rings. The van der Waals surface area contributed by atoms with Crippen LogP contribution in [0, 0.1) is 6.92 Å². The highest BCUT2D eigenvalue weighted by Gasteiger charge is 2.40. The lowest BCUT2D eigenvalue weighted by Crippen LogP contribution is -2.33. The largest absolute Gasteiger partial charge is 0.480 e. The summed E-state index contributed by atoms with van der Waals surface area (Å²) >= 11 is 6.42. The summed E-state index contributed by atoms with van der Waals surface area (Å²) in [6.07, 6.45) is 9.97. The third kappa shape index (κ3) is 5.00. The molecule has 1 amide bonds. The van der Waals surface area contributed by atoms with Gasteiger partial charge in [0.25, 0.3) is 5.91 Å². The first-order chi connectivity index (χ1) is 19.4. The van der Waals surface area contributed by atoms with E-state index in [9.17, 15) is 9.59 Å². The highest BCUT2D eigenvalue weighted by Crippen LogP contribution is 2.51. The Kier molecular flexibility index (Phi) is 7.34. The van der Waals surface area contributed by atoms with Crippen LogP contribution in [-0.4, -0.2) is 38.8 Å². The number of amides is 1. The van der Waals surface area contributed by atoms with Crippen LogP contribution in [0.15, 0.2) is 77.7 Å². The molecule has 2 radical (unpaired) electrons. The van der Waals surface area contributed by atoms with Gasteiger partial charge >= 0.3 is 5.97 Å². The number of nitrogens with zero attached hydrogens (tertiary/aromatic N) is 2. The Labute approximate surface area is 244 Å². The zero-order valence-corrected chi connectivity index (χ0v) is 23.5. The van der Waals surface area contributed by atoms with E-state index in [1.807, 2.05) is 18.2 Å². The fraction of sp³-hybridized carbons (Fsp3) is 0.212. The standard InChI is InChI=1S/C33H28N2O3S2/c1-2-5-21-8-11-23(12-9-21)24-13-15-25(16-14-24)35-28-7-4-3-6-26(28)27-18-22(10-17-29(27)35)19-30-32(38)34(20-31(36)37)33(39)40-30/h1-2,5,8-19,26,28H,3-4,6-7,20H2,(H,36,37)/b5-2?,30-19-. The summed E-state index contributed by atoms with van der Waals surface area (Å²) in [4.78, 5) is 28.1. The SMILES string of the molecule is [CH]C=Cc1ccc(-c2ccc(N3c4ccc(/C=C5\SC(=S)N(CC(=O)O)C5=O)cc4C4CCCCC43)cc2)cc1. The second-order valence-corrected chi connectivity index (χ2v) is 12.0. The first kappa shape index (κ1) is 26.5. The minimum Gasteiger partial charge on any atom is -0.480 e. The Hall–Kier alpha value is -3.68. The van der Waals surface area contributed by atoms with Gasteiger partial charge in [-0.05, 0) is 77.9 Å². The van der Waals surface area contributed by atoms with E-state index in [-0.39, 0.29) is 10.2 Å². The number of hydrogen-bond acceptors (Lipinski definition) is 5. The third-order valence-corrected chi connectivity index (χ3v) is 9.29. The number of aliphatic carboxylic acids is 1. The number of fused-ring (bicyclic) bond motifs is 3. The summed E-state index contributed by atoms with van der Waals surface area (Å²) in [5.74, 6) is -0.994. The zero-order chi connectivity index (χ0) is 27.8. The molecule has 1 N–H and O–H groups in total. The number of benzene rings is 3. The first-order valence-corrected chi connectivity index (χ1v) is 14.6. The van der Waals surface area contributed by atoms with Crippen molar-refractivity contribution in [2.24, 2.45) is 0 Å². The maximum atomic E-state index is 12.8. The normalized spacial score (nSPS) is 21.4. The molecule has 2 unspecified atom stereocenters. The van der Waals surface area contributed by atoms with Crippen LogP contribution >= 0.6 is 24.0 Å². The zero-order valence-electron chi connectivity index (χ0n) is 21.8. The van der Waals surface area contributed by atoms with Crippen LogP contribution in [0.3, 0.4) is 0 Å². The fourth-order valence-corrected chi connectivity index (χ4v) is 7.36. The molecule has 3 aromatic rings. The van der Waals surface area contributed by atoms with Crippen molar-refractivity contribution in [3.8, 4) is 11.1 Å². The van der Waals surface area contributed by atoms with Gasteiger partial charge in [-0.15, -0.1) is 0 Å². The maximum Gasteiger partial charge on any atom is 0.323 e. The molecule has 1 saturated heterocycles. The summed E-state index contributed by atoms with van der Waals surface area (Å²) in [6.45, 7) is 5.10. The third-order valence-electron chi connectivity index (χ3n) is 7.91. The second-order valence-electron chi connectivity index (χ2n) is 10.3. The van der Waals surface area contributed by atoms with Crippen LogP contribution in [0.2, 0.25) is 0 Å². The maximum absolute atomic E-state index is 12.8. The molecule has 2 heterocycles. The number of carbonyl (C=O) groups is 2. The van der Waals surface area contributed by atoms with Gasteiger partial charge in [-0.3, -0.25) is 14.5 Å². The summed E-state index contributed by atoms with van der Waals surface area (Å²) in [6, 6.07) is 24.0. The van der Waals surface area contributed by atoms with Gasteiger partial charge in [0.05, 0.1) is 4.91 Å². The number of carbonyl (C=O) groups excluding carboxylic acids is 1. The lowest BCUT2D eigenvalue weighted by molar-refractivity contribution is -0.140. The second kappa shape index (κ2) is 11.1. The van der Waals surface area contributed by atoms with Gasteiger partial charge in [-0.2, -0.15) is 0 Å². The van der Waals surface area contributed by atoms with E-state index in [4.69, 9.17) is 24.2 Å². The summed E-state index contributed by atoms with van der Waals surface area (Å²) in [5, 5.41) is 9.13. The van der Waals surface area contributed by atoms with Crippen LogP contribution in [0.4, 0.5) is 11.4 Å². The summed E-state index contributed by atoms with van der Waals surface area (Å²) in [5.41, 5.74) is 8.06. The average molecular weight is 565 g/mol. The van der Waals surface area contributed by atoms with Gasteiger partial charge in [0.2, 0.25) is 0 Å². The van der Waals surface area contributed by atoms with Crippen molar-refractivity contribution in [3.05, 3.63) is 101 Å². The molecular weight excluding hydrogens is 537 g/mol. The molecular formula is C33H28N2O3S2. The number of anilines is 2. The topological polar surface area (TPSA) is 60.9 Å². The smallest absolute Gasteiger partial charge is 0.323 e. The number of thioether (sulfide) groups is 1. The molecule has 3 aliphatic rings. The van der Waals surface area contributed by atoms with E-state index in [2.05, 4.69) is 65.6 Å². The fourth-order valence-electron chi connectivity index (χ4n) is 6.11. The van der Waals surface area contributed by atoms with Crippen molar-refractivity contribution < 1.29 is 14.7 Å². The van der Waals surface area contributed by atoms with Crippen molar-refractivity contribution in [2.75, 3.05) is 11.4 Å². The quantitative estimate of drug-likeness (QED) is 0.247. The molecule has 40 heavy (non-hydrogen) atoms. The number of carboxylic acid groups (broad SMARTS) is 1. The Balaban J connectivity index is 1.29. The molecule has 0 bridgehead atoms. The van der Waals surface area contributed by atoms with Crippen LogP contribution < -0.4 is 4.90 Å². The van der Waals surface area contributed by atoms with Gasteiger partial charge in [0.15, 0.2) is 0 Å². The van der Waals surface area contributed by atoms with Crippen molar-refractivity contribution in [2.45, 2.75) is 37.6 Å².